The second kappa shape index (κ2) is 5.40. The van der Waals surface area contributed by atoms with Crippen LogP contribution >= 0.6 is 11.3 Å². The maximum absolute atomic E-state index is 11.9. The van der Waals surface area contributed by atoms with Crippen LogP contribution in [0, 0.1) is 5.41 Å². The quantitative estimate of drug-likeness (QED) is 0.798. The van der Waals surface area contributed by atoms with Crippen LogP contribution in [0.5, 0.6) is 0 Å². The summed E-state index contributed by atoms with van der Waals surface area (Å²) in [5, 5.41) is 14.8. The Labute approximate surface area is 121 Å². The first-order valence-electron chi connectivity index (χ1n) is 6.56. The summed E-state index contributed by atoms with van der Waals surface area (Å²) in [5.74, 6) is -1.05. The van der Waals surface area contributed by atoms with Crippen molar-refractivity contribution in [2.75, 3.05) is 5.32 Å². The fourth-order valence-electron chi connectivity index (χ4n) is 2.16. The Morgan fingerprint density at radius 3 is 2.60 bits per heavy atom. The maximum atomic E-state index is 11.9. The molecule has 1 aromatic heterocycles. The number of aliphatic carboxylic acids is 1. The van der Waals surface area contributed by atoms with Crippen LogP contribution in [-0.2, 0) is 17.6 Å². The Hall–Kier alpha value is -1.63. The summed E-state index contributed by atoms with van der Waals surface area (Å²) in [4.78, 5) is 28.6. The molecule has 0 aromatic carbocycles. The van der Waals surface area contributed by atoms with E-state index in [4.69, 9.17) is 5.11 Å². The molecular weight excluding hydrogens is 278 g/mol. The molecule has 0 aliphatic heterocycles. The number of thiazole rings is 1. The first-order valence-corrected chi connectivity index (χ1v) is 7.38. The van der Waals surface area contributed by atoms with E-state index in [0.717, 1.165) is 25.0 Å². The summed E-state index contributed by atoms with van der Waals surface area (Å²) >= 11 is 1.46. The molecule has 0 fully saturated rings. The third kappa shape index (κ3) is 3.27. The maximum Gasteiger partial charge on any atom is 0.326 e. The van der Waals surface area contributed by atoms with Gasteiger partial charge < -0.3 is 10.4 Å². The summed E-state index contributed by atoms with van der Waals surface area (Å²) < 4.78 is 0. The lowest BCUT2D eigenvalue weighted by Gasteiger charge is -2.27. The van der Waals surface area contributed by atoms with E-state index in [-0.39, 0.29) is 0 Å². The van der Waals surface area contributed by atoms with Crippen molar-refractivity contribution >= 4 is 28.5 Å². The van der Waals surface area contributed by atoms with E-state index in [9.17, 15) is 9.59 Å². The highest BCUT2D eigenvalue weighted by atomic mass is 32.1. The number of carboxylic acid groups (broad SMARTS) is 1. The first kappa shape index (κ1) is 14.8. The van der Waals surface area contributed by atoms with Gasteiger partial charge in [-0.1, -0.05) is 20.8 Å². The zero-order valence-electron chi connectivity index (χ0n) is 11.8. The molecule has 0 saturated heterocycles. The van der Waals surface area contributed by atoms with Crippen molar-refractivity contribution in [3.05, 3.63) is 10.6 Å². The molecule has 0 saturated carbocycles. The predicted octanol–water partition coefficient (Wildman–Crippen LogP) is 2.25. The van der Waals surface area contributed by atoms with Crippen LogP contribution in [-0.4, -0.2) is 28.1 Å². The largest absolute Gasteiger partial charge is 0.480 e. The molecule has 2 amide bonds. The van der Waals surface area contributed by atoms with Gasteiger partial charge in [0.25, 0.3) is 0 Å². The van der Waals surface area contributed by atoms with Crippen LogP contribution in [0.4, 0.5) is 9.93 Å². The van der Waals surface area contributed by atoms with Crippen molar-refractivity contribution in [1.29, 1.82) is 0 Å². The van der Waals surface area contributed by atoms with Crippen molar-refractivity contribution in [3.8, 4) is 0 Å². The summed E-state index contributed by atoms with van der Waals surface area (Å²) in [6.45, 7) is 5.30. The summed E-state index contributed by atoms with van der Waals surface area (Å²) in [5.41, 5.74) is 0.490. The van der Waals surface area contributed by atoms with Gasteiger partial charge in [-0.2, -0.15) is 0 Å². The molecule has 2 rings (SSSR count). The number of hydrogen-bond acceptors (Lipinski definition) is 4. The van der Waals surface area contributed by atoms with Gasteiger partial charge in [0.1, 0.15) is 6.04 Å². The number of rotatable bonds is 3. The van der Waals surface area contributed by atoms with Crippen LogP contribution in [0.2, 0.25) is 0 Å². The molecule has 0 spiro atoms. The molecule has 1 aromatic rings. The van der Waals surface area contributed by atoms with Gasteiger partial charge in [0, 0.05) is 4.88 Å². The summed E-state index contributed by atoms with van der Waals surface area (Å²) in [7, 11) is 0. The number of hydrogen-bond donors (Lipinski definition) is 3. The molecule has 20 heavy (non-hydrogen) atoms. The number of nitrogens with one attached hydrogen (secondary N) is 2. The summed E-state index contributed by atoms with van der Waals surface area (Å²) in [6, 6.07) is -1.48. The first-order chi connectivity index (χ1) is 9.27. The van der Waals surface area contributed by atoms with E-state index in [2.05, 4.69) is 15.6 Å². The number of amides is 2. The van der Waals surface area contributed by atoms with Crippen LogP contribution < -0.4 is 10.6 Å². The molecule has 110 valence electrons. The molecular formula is C13H19N3O3S. The fourth-order valence-corrected chi connectivity index (χ4v) is 3.20. The third-order valence-electron chi connectivity index (χ3n) is 3.20. The standard InChI is InChI=1S/C13H19N3O3S/c1-13(2,3)9(10(17)18)15-11(19)16-12-14-7-5-4-6-8(7)20-12/h9H,4-6H2,1-3H3,(H,17,18)(H2,14,15,16,19). The Morgan fingerprint density at radius 1 is 1.35 bits per heavy atom. The van der Waals surface area contributed by atoms with Crippen LogP contribution in [0.1, 0.15) is 37.8 Å². The molecule has 1 atom stereocenters. The van der Waals surface area contributed by atoms with Crippen LogP contribution in [0.25, 0.3) is 0 Å². The number of carbonyl (C=O) groups is 2. The molecule has 6 nitrogen and oxygen atoms in total. The van der Waals surface area contributed by atoms with E-state index in [1.807, 2.05) is 0 Å². The smallest absolute Gasteiger partial charge is 0.326 e. The molecule has 1 heterocycles. The van der Waals surface area contributed by atoms with Gasteiger partial charge in [0.15, 0.2) is 5.13 Å². The number of urea groups is 1. The van der Waals surface area contributed by atoms with Gasteiger partial charge in [-0.05, 0) is 24.7 Å². The number of fused-ring (bicyclic) bond motifs is 1. The van der Waals surface area contributed by atoms with Crippen molar-refractivity contribution < 1.29 is 14.7 Å². The van der Waals surface area contributed by atoms with Crippen molar-refractivity contribution in [2.24, 2.45) is 5.41 Å². The highest BCUT2D eigenvalue weighted by Gasteiger charge is 2.32. The lowest BCUT2D eigenvalue weighted by Crippen LogP contribution is -2.50. The second-order valence-corrected chi connectivity index (χ2v) is 7.06. The van der Waals surface area contributed by atoms with E-state index in [1.165, 1.54) is 16.2 Å². The number of anilines is 1. The Bertz CT molecular complexity index is 512. The van der Waals surface area contributed by atoms with Crippen molar-refractivity contribution in [1.82, 2.24) is 10.3 Å². The molecule has 3 N–H and O–H groups in total. The van der Waals surface area contributed by atoms with Crippen LogP contribution in [0.3, 0.4) is 0 Å². The van der Waals surface area contributed by atoms with E-state index < -0.39 is 23.5 Å². The molecule has 0 bridgehead atoms. The Morgan fingerprint density at radius 2 is 2.05 bits per heavy atom. The molecule has 1 aliphatic carbocycles. The lowest BCUT2D eigenvalue weighted by molar-refractivity contribution is -0.141. The van der Waals surface area contributed by atoms with Crippen molar-refractivity contribution in [2.45, 2.75) is 46.1 Å². The van der Waals surface area contributed by atoms with Gasteiger partial charge in [-0.15, -0.1) is 11.3 Å². The highest BCUT2D eigenvalue weighted by molar-refractivity contribution is 7.15. The molecule has 0 radical (unpaired) electrons. The number of aromatic nitrogens is 1. The van der Waals surface area contributed by atoms with Gasteiger partial charge in [0.2, 0.25) is 0 Å². The van der Waals surface area contributed by atoms with Gasteiger partial charge in [-0.25, -0.2) is 14.6 Å². The average molecular weight is 297 g/mol. The number of carbonyl (C=O) groups excluding carboxylic acids is 1. The normalized spacial score (nSPS) is 15.6. The topological polar surface area (TPSA) is 91.3 Å². The minimum Gasteiger partial charge on any atom is -0.480 e. The summed E-state index contributed by atoms with van der Waals surface area (Å²) in [6.07, 6.45) is 3.08. The number of aryl methyl sites for hydroxylation is 2. The van der Waals surface area contributed by atoms with Crippen LogP contribution in [0.15, 0.2) is 0 Å². The molecule has 1 aliphatic rings. The van der Waals surface area contributed by atoms with E-state index in [1.54, 1.807) is 20.8 Å². The Balaban J connectivity index is 1.99. The second-order valence-electron chi connectivity index (χ2n) is 5.98. The number of carboxylic acids is 1. The SMILES string of the molecule is CC(C)(C)C(NC(=O)Nc1nc2c(s1)CCC2)C(=O)O. The van der Waals surface area contributed by atoms with E-state index >= 15 is 0 Å². The minimum absolute atomic E-state index is 0.528. The van der Waals surface area contributed by atoms with E-state index in [0.29, 0.717) is 5.13 Å². The predicted molar refractivity (Wildman–Crippen MR) is 77.2 cm³/mol. The zero-order chi connectivity index (χ0) is 14.9. The van der Waals surface area contributed by atoms with Crippen molar-refractivity contribution in [3.63, 3.8) is 0 Å². The van der Waals surface area contributed by atoms with Gasteiger partial charge in [0.05, 0.1) is 5.69 Å². The monoisotopic (exact) mass is 297 g/mol. The third-order valence-corrected chi connectivity index (χ3v) is 4.28. The average Bonchev–Trinajstić information content (AvgIpc) is 2.84. The lowest BCUT2D eigenvalue weighted by atomic mass is 9.87. The molecule has 7 heteroatoms. The Kier molecular flexibility index (Phi) is 3.99. The minimum atomic E-state index is -1.05. The van der Waals surface area contributed by atoms with Gasteiger partial charge >= 0.3 is 12.0 Å². The number of nitrogens with zero attached hydrogens (tertiary/aromatic N) is 1. The molecule has 1 unspecified atom stereocenters. The zero-order valence-corrected chi connectivity index (χ0v) is 12.6. The highest BCUT2D eigenvalue weighted by Crippen LogP contribution is 2.30. The van der Waals surface area contributed by atoms with Gasteiger partial charge in [-0.3, -0.25) is 5.32 Å². The fraction of sp³-hybridized carbons (Fsp3) is 0.615.